The SMILES string of the molecule is NC(c1sccc1Br)c1coc2ccccc12. The van der Waals surface area contributed by atoms with E-state index in [0.717, 1.165) is 25.9 Å². The molecule has 2 heterocycles. The Hall–Kier alpha value is -1.10. The minimum absolute atomic E-state index is 0.145. The molecule has 0 bridgehead atoms. The van der Waals surface area contributed by atoms with E-state index < -0.39 is 0 Å². The van der Waals surface area contributed by atoms with Gasteiger partial charge in [0.15, 0.2) is 0 Å². The first kappa shape index (κ1) is 11.0. The van der Waals surface area contributed by atoms with Crippen LogP contribution in [0, 0.1) is 0 Å². The van der Waals surface area contributed by atoms with Crippen molar-refractivity contribution in [3.8, 4) is 0 Å². The quantitative estimate of drug-likeness (QED) is 0.766. The van der Waals surface area contributed by atoms with Crippen molar-refractivity contribution in [3.63, 3.8) is 0 Å². The minimum Gasteiger partial charge on any atom is -0.464 e. The summed E-state index contributed by atoms with van der Waals surface area (Å²) >= 11 is 5.17. The van der Waals surface area contributed by atoms with E-state index >= 15 is 0 Å². The molecule has 2 aromatic heterocycles. The molecule has 0 aliphatic heterocycles. The standard InChI is InChI=1S/C13H10BrNOS/c14-10-5-6-17-13(10)12(15)9-7-16-11-4-2-1-3-8(9)11/h1-7,12H,15H2. The summed E-state index contributed by atoms with van der Waals surface area (Å²) in [5.74, 6) is 0. The lowest BCUT2D eigenvalue weighted by Gasteiger charge is -2.08. The highest BCUT2D eigenvalue weighted by Gasteiger charge is 2.18. The van der Waals surface area contributed by atoms with E-state index in [1.165, 1.54) is 0 Å². The third-order valence-electron chi connectivity index (χ3n) is 2.77. The third-order valence-corrected chi connectivity index (χ3v) is 4.73. The molecule has 2 N–H and O–H groups in total. The van der Waals surface area contributed by atoms with Gasteiger partial charge in [-0.05, 0) is 33.4 Å². The van der Waals surface area contributed by atoms with Crippen molar-refractivity contribution in [2.75, 3.05) is 0 Å². The van der Waals surface area contributed by atoms with Crippen LogP contribution in [0.2, 0.25) is 0 Å². The lowest BCUT2D eigenvalue weighted by Crippen LogP contribution is -2.09. The number of fused-ring (bicyclic) bond motifs is 1. The number of hydrogen-bond donors (Lipinski definition) is 1. The summed E-state index contributed by atoms with van der Waals surface area (Å²) in [6.45, 7) is 0. The molecule has 17 heavy (non-hydrogen) atoms. The summed E-state index contributed by atoms with van der Waals surface area (Å²) in [4.78, 5) is 1.12. The van der Waals surface area contributed by atoms with Crippen LogP contribution in [0.25, 0.3) is 11.0 Å². The van der Waals surface area contributed by atoms with Crippen molar-refractivity contribution in [2.24, 2.45) is 5.73 Å². The van der Waals surface area contributed by atoms with Crippen molar-refractivity contribution in [1.82, 2.24) is 0 Å². The molecule has 86 valence electrons. The third kappa shape index (κ3) is 1.82. The number of rotatable bonds is 2. The summed E-state index contributed by atoms with van der Waals surface area (Å²) in [6.07, 6.45) is 1.75. The molecule has 0 saturated heterocycles. The van der Waals surface area contributed by atoms with Gasteiger partial charge in [-0.2, -0.15) is 0 Å². The van der Waals surface area contributed by atoms with E-state index in [4.69, 9.17) is 10.2 Å². The zero-order valence-corrected chi connectivity index (χ0v) is 11.3. The summed E-state index contributed by atoms with van der Waals surface area (Å²) in [5, 5.41) is 3.11. The van der Waals surface area contributed by atoms with Crippen LogP contribution in [0.1, 0.15) is 16.5 Å². The molecule has 3 aromatic rings. The molecule has 0 saturated carbocycles. The largest absolute Gasteiger partial charge is 0.464 e. The molecule has 0 radical (unpaired) electrons. The molecule has 1 aromatic carbocycles. The first-order valence-corrected chi connectivity index (χ1v) is 6.89. The zero-order valence-electron chi connectivity index (χ0n) is 8.89. The van der Waals surface area contributed by atoms with Crippen LogP contribution >= 0.6 is 27.3 Å². The van der Waals surface area contributed by atoms with Gasteiger partial charge in [-0.25, -0.2) is 0 Å². The van der Waals surface area contributed by atoms with Gasteiger partial charge in [0.1, 0.15) is 5.58 Å². The summed E-state index contributed by atoms with van der Waals surface area (Å²) in [5.41, 5.74) is 8.20. The Morgan fingerprint density at radius 1 is 1.24 bits per heavy atom. The molecule has 0 amide bonds. The van der Waals surface area contributed by atoms with Gasteiger partial charge in [0.2, 0.25) is 0 Å². The molecule has 4 heteroatoms. The Labute approximate surface area is 111 Å². The topological polar surface area (TPSA) is 39.2 Å². The summed E-state index contributed by atoms with van der Waals surface area (Å²) in [6, 6.07) is 9.82. The number of furan rings is 1. The number of hydrogen-bond acceptors (Lipinski definition) is 3. The Kier molecular flexibility index (Phi) is 2.78. The van der Waals surface area contributed by atoms with Crippen LogP contribution in [0.15, 0.2) is 50.9 Å². The maximum atomic E-state index is 6.29. The van der Waals surface area contributed by atoms with Crippen molar-refractivity contribution in [1.29, 1.82) is 0 Å². The highest BCUT2D eigenvalue weighted by atomic mass is 79.9. The van der Waals surface area contributed by atoms with Crippen molar-refractivity contribution in [2.45, 2.75) is 6.04 Å². The molecule has 0 spiro atoms. The van der Waals surface area contributed by atoms with Crippen molar-refractivity contribution in [3.05, 3.63) is 56.9 Å². The van der Waals surface area contributed by atoms with Gasteiger partial charge >= 0.3 is 0 Å². The Balaban J connectivity index is 2.13. The second kappa shape index (κ2) is 4.29. The average Bonchev–Trinajstić information content (AvgIpc) is 2.94. The molecule has 0 aliphatic rings. The van der Waals surface area contributed by atoms with E-state index in [0.29, 0.717) is 0 Å². The highest BCUT2D eigenvalue weighted by molar-refractivity contribution is 9.10. The van der Waals surface area contributed by atoms with Gasteiger partial charge in [0.25, 0.3) is 0 Å². The molecular weight excluding hydrogens is 298 g/mol. The smallest absolute Gasteiger partial charge is 0.134 e. The normalized spacial score (nSPS) is 13.1. The monoisotopic (exact) mass is 307 g/mol. The number of thiophene rings is 1. The first-order valence-electron chi connectivity index (χ1n) is 5.22. The van der Waals surface area contributed by atoms with E-state index in [1.807, 2.05) is 35.7 Å². The fraction of sp³-hybridized carbons (Fsp3) is 0.0769. The van der Waals surface area contributed by atoms with E-state index in [2.05, 4.69) is 15.9 Å². The number of nitrogens with two attached hydrogens (primary N) is 1. The van der Waals surface area contributed by atoms with E-state index in [9.17, 15) is 0 Å². The minimum atomic E-state index is -0.145. The highest BCUT2D eigenvalue weighted by Crippen LogP contribution is 2.35. The average molecular weight is 308 g/mol. The predicted octanol–water partition coefficient (Wildman–Crippen LogP) is 4.30. The molecule has 0 fully saturated rings. The second-order valence-corrected chi connectivity index (χ2v) is 5.60. The molecular formula is C13H10BrNOS. The first-order chi connectivity index (χ1) is 8.27. The zero-order chi connectivity index (χ0) is 11.8. The lowest BCUT2D eigenvalue weighted by atomic mass is 10.1. The Bertz CT molecular complexity index is 658. The molecule has 3 rings (SSSR count). The van der Waals surface area contributed by atoms with Crippen LogP contribution in [0.4, 0.5) is 0 Å². The molecule has 2 nitrogen and oxygen atoms in total. The maximum absolute atomic E-state index is 6.29. The number of halogens is 1. The van der Waals surface area contributed by atoms with Gasteiger partial charge in [-0.15, -0.1) is 11.3 Å². The second-order valence-electron chi connectivity index (χ2n) is 3.80. The molecule has 1 atom stereocenters. The van der Waals surface area contributed by atoms with Crippen LogP contribution < -0.4 is 5.73 Å². The lowest BCUT2D eigenvalue weighted by molar-refractivity contribution is 0.607. The van der Waals surface area contributed by atoms with Crippen LogP contribution in [0.5, 0.6) is 0 Å². The number of para-hydroxylation sites is 1. The summed E-state index contributed by atoms with van der Waals surface area (Å²) in [7, 11) is 0. The van der Waals surface area contributed by atoms with Crippen LogP contribution in [-0.4, -0.2) is 0 Å². The van der Waals surface area contributed by atoms with Gasteiger partial charge in [0, 0.05) is 20.3 Å². The van der Waals surface area contributed by atoms with Crippen molar-refractivity contribution < 1.29 is 4.42 Å². The maximum Gasteiger partial charge on any atom is 0.134 e. The van der Waals surface area contributed by atoms with Crippen LogP contribution in [0.3, 0.4) is 0 Å². The van der Waals surface area contributed by atoms with E-state index in [1.54, 1.807) is 17.6 Å². The fourth-order valence-corrected chi connectivity index (χ4v) is 3.55. The van der Waals surface area contributed by atoms with Crippen LogP contribution in [-0.2, 0) is 0 Å². The summed E-state index contributed by atoms with van der Waals surface area (Å²) < 4.78 is 6.57. The fourth-order valence-electron chi connectivity index (χ4n) is 1.91. The van der Waals surface area contributed by atoms with E-state index in [-0.39, 0.29) is 6.04 Å². The Morgan fingerprint density at radius 3 is 2.82 bits per heavy atom. The molecule has 1 unspecified atom stereocenters. The number of benzene rings is 1. The van der Waals surface area contributed by atoms with Crippen molar-refractivity contribution >= 4 is 38.2 Å². The van der Waals surface area contributed by atoms with Gasteiger partial charge in [-0.3, -0.25) is 0 Å². The Morgan fingerprint density at radius 2 is 2.06 bits per heavy atom. The molecule has 0 aliphatic carbocycles. The van der Waals surface area contributed by atoms with Gasteiger partial charge < -0.3 is 10.2 Å². The van der Waals surface area contributed by atoms with Gasteiger partial charge in [0.05, 0.1) is 12.3 Å². The van der Waals surface area contributed by atoms with Gasteiger partial charge in [-0.1, -0.05) is 18.2 Å². The predicted molar refractivity (Wildman–Crippen MR) is 74.3 cm³/mol.